The van der Waals surface area contributed by atoms with Crippen LogP contribution in [0.25, 0.3) is 0 Å². The number of nitrogens with one attached hydrogen (secondary N) is 4. The Balaban J connectivity index is 2.72. The standard InChI is InChI=1S/C20H34N6O5/c1-6-11(4)16(20(30)31)26-17(27)12(5)24-19(29)15(10(2)3)25-18(28)14(21)7-13-8-22-9-23-13/h8-12,14-16H,6-7,21H2,1-5H3,(H,22,23)(H,24,29)(H,25,28)(H,26,27)(H,30,31). The molecular weight excluding hydrogens is 404 g/mol. The van der Waals surface area contributed by atoms with Crippen LogP contribution in [0, 0.1) is 11.8 Å². The summed E-state index contributed by atoms with van der Waals surface area (Å²) in [6.45, 7) is 8.49. The molecule has 0 fully saturated rings. The Bertz CT molecular complexity index is 751. The Kier molecular flexibility index (Phi) is 10.1. The topological polar surface area (TPSA) is 179 Å². The molecule has 0 bridgehead atoms. The van der Waals surface area contributed by atoms with Crippen LogP contribution in [0.4, 0.5) is 0 Å². The zero-order chi connectivity index (χ0) is 23.7. The monoisotopic (exact) mass is 438 g/mol. The van der Waals surface area contributed by atoms with Gasteiger partial charge in [0, 0.05) is 18.3 Å². The lowest BCUT2D eigenvalue weighted by molar-refractivity contribution is -0.143. The van der Waals surface area contributed by atoms with Gasteiger partial charge in [0.2, 0.25) is 17.7 Å². The molecule has 0 aromatic carbocycles. The summed E-state index contributed by atoms with van der Waals surface area (Å²) in [4.78, 5) is 55.7. The smallest absolute Gasteiger partial charge is 0.326 e. The van der Waals surface area contributed by atoms with E-state index in [1.54, 1.807) is 27.0 Å². The van der Waals surface area contributed by atoms with Crippen molar-refractivity contribution in [3.8, 4) is 0 Å². The number of imidazole rings is 1. The van der Waals surface area contributed by atoms with Crippen molar-refractivity contribution in [2.45, 2.75) is 71.6 Å². The van der Waals surface area contributed by atoms with Crippen molar-refractivity contribution in [1.29, 1.82) is 0 Å². The van der Waals surface area contributed by atoms with Crippen LogP contribution in [0.2, 0.25) is 0 Å². The van der Waals surface area contributed by atoms with E-state index in [1.807, 2.05) is 6.92 Å². The van der Waals surface area contributed by atoms with E-state index in [0.29, 0.717) is 12.1 Å². The highest BCUT2D eigenvalue weighted by Gasteiger charge is 2.31. The van der Waals surface area contributed by atoms with Crippen molar-refractivity contribution in [3.05, 3.63) is 18.2 Å². The number of carboxylic acids is 1. The normalized spacial score (nSPS) is 16.0. The first kappa shape index (κ1) is 26.1. The number of carbonyl (C=O) groups excluding carboxylic acids is 3. The second-order valence-electron chi connectivity index (χ2n) is 8.06. The average Bonchev–Trinajstić information content (AvgIpc) is 3.21. The van der Waals surface area contributed by atoms with E-state index in [9.17, 15) is 24.3 Å². The fourth-order valence-electron chi connectivity index (χ4n) is 2.85. The van der Waals surface area contributed by atoms with Crippen LogP contribution in [-0.4, -0.2) is 62.9 Å². The van der Waals surface area contributed by atoms with Gasteiger partial charge in [0.1, 0.15) is 18.1 Å². The van der Waals surface area contributed by atoms with Crippen molar-refractivity contribution in [2.24, 2.45) is 17.6 Å². The number of nitrogens with zero attached hydrogens (tertiary/aromatic N) is 1. The van der Waals surface area contributed by atoms with Gasteiger partial charge < -0.3 is 31.8 Å². The van der Waals surface area contributed by atoms with Gasteiger partial charge in [-0.1, -0.05) is 34.1 Å². The van der Waals surface area contributed by atoms with Crippen molar-refractivity contribution in [3.63, 3.8) is 0 Å². The zero-order valence-electron chi connectivity index (χ0n) is 18.6. The molecule has 1 heterocycles. The molecule has 0 aliphatic heterocycles. The van der Waals surface area contributed by atoms with Gasteiger partial charge in [-0.2, -0.15) is 0 Å². The molecule has 0 saturated carbocycles. The SMILES string of the molecule is CCC(C)C(NC(=O)C(C)NC(=O)C(NC(=O)C(N)Cc1cnc[nH]1)C(C)C)C(=O)O. The third-order valence-corrected chi connectivity index (χ3v) is 5.11. The Morgan fingerprint density at radius 1 is 1.03 bits per heavy atom. The molecule has 1 rings (SSSR count). The average molecular weight is 439 g/mol. The molecule has 0 radical (unpaired) electrons. The fraction of sp³-hybridized carbons (Fsp3) is 0.650. The highest BCUT2D eigenvalue weighted by atomic mass is 16.4. The van der Waals surface area contributed by atoms with Gasteiger partial charge in [-0.15, -0.1) is 0 Å². The molecule has 0 spiro atoms. The number of carboxylic acid groups (broad SMARTS) is 1. The van der Waals surface area contributed by atoms with E-state index in [2.05, 4.69) is 25.9 Å². The third kappa shape index (κ3) is 8.00. The van der Waals surface area contributed by atoms with E-state index in [4.69, 9.17) is 5.73 Å². The van der Waals surface area contributed by atoms with Crippen molar-refractivity contribution in [1.82, 2.24) is 25.9 Å². The number of nitrogens with two attached hydrogens (primary N) is 1. The number of hydrogen-bond donors (Lipinski definition) is 6. The summed E-state index contributed by atoms with van der Waals surface area (Å²) in [7, 11) is 0. The van der Waals surface area contributed by atoms with E-state index in [-0.39, 0.29) is 18.3 Å². The van der Waals surface area contributed by atoms with Crippen LogP contribution in [0.5, 0.6) is 0 Å². The number of hydrogen-bond acceptors (Lipinski definition) is 6. The van der Waals surface area contributed by atoms with Crippen LogP contribution in [0.1, 0.15) is 46.7 Å². The number of rotatable bonds is 12. The summed E-state index contributed by atoms with van der Waals surface area (Å²) in [6, 6.07) is -3.85. The predicted octanol–water partition coefficient (Wildman–Crippen LogP) is -0.459. The third-order valence-electron chi connectivity index (χ3n) is 5.11. The van der Waals surface area contributed by atoms with Gasteiger partial charge in [-0.25, -0.2) is 9.78 Å². The number of amides is 3. The van der Waals surface area contributed by atoms with Crippen LogP contribution in [0.3, 0.4) is 0 Å². The lowest BCUT2D eigenvalue weighted by Crippen LogP contribution is -2.58. The Morgan fingerprint density at radius 3 is 2.13 bits per heavy atom. The summed E-state index contributed by atoms with van der Waals surface area (Å²) in [6.07, 6.45) is 3.83. The van der Waals surface area contributed by atoms with Gasteiger partial charge in [-0.05, 0) is 18.8 Å². The molecule has 1 aromatic rings. The van der Waals surface area contributed by atoms with E-state index < -0.39 is 47.9 Å². The maximum atomic E-state index is 12.7. The van der Waals surface area contributed by atoms with Crippen LogP contribution in [-0.2, 0) is 25.6 Å². The Hall–Kier alpha value is -2.95. The molecule has 0 aliphatic rings. The largest absolute Gasteiger partial charge is 0.480 e. The maximum Gasteiger partial charge on any atom is 0.326 e. The van der Waals surface area contributed by atoms with Gasteiger partial charge in [-0.3, -0.25) is 14.4 Å². The quantitative estimate of drug-likeness (QED) is 0.255. The van der Waals surface area contributed by atoms with Crippen LogP contribution >= 0.6 is 0 Å². The summed E-state index contributed by atoms with van der Waals surface area (Å²) in [5.41, 5.74) is 6.61. The fourth-order valence-corrected chi connectivity index (χ4v) is 2.85. The maximum absolute atomic E-state index is 12.7. The van der Waals surface area contributed by atoms with Crippen LogP contribution < -0.4 is 21.7 Å². The Morgan fingerprint density at radius 2 is 1.65 bits per heavy atom. The van der Waals surface area contributed by atoms with E-state index in [1.165, 1.54) is 13.3 Å². The predicted molar refractivity (Wildman–Crippen MR) is 114 cm³/mol. The molecule has 1 aromatic heterocycles. The lowest BCUT2D eigenvalue weighted by atomic mass is 9.99. The lowest BCUT2D eigenvalue weighted by Gasteiger charge is -2.26. The Labute approximate surface area is 181 Å². The molecule has 3 amide bonds. The number of aromatic nitrogens is 2. The second-order valence-corrected chi connectivity index (χ2v) is 8.06. The highest BCUT2D eigenvalue weighted by Crippen LogP contribution is 2.09. The molecule has 31 heavy (non-hydrogen) atoms. The van der Waals surface area contributed by atoms with Crippen molar-refractivity contribution in [2.75, 3.05) is 0 Å². The number of carbonyl (C=O) groups is 4. The zero-order valence-corrected chi connectivity index (χ0v) is 18.6. The van der Waals surface area contributed by atoms with Crippen molar-refractivity contribution >= 4 is 23.7 Å². The molecular formula is C20H34N6O5. The highest BCUT2D eigenvalue weighted by molar-refractivity contribution is 5.94. The minimum Gasteiger partial charge on any atom is -0.480 e. The minimum atomic E-state index is -1.14. The van der Waals surface area contributed by atoms with Gasteiger partial charge >= 0.3 is 5.97 Å². The number of H-pyrrole nitrogens is 1. The summed E-state index contributed by atoms with van der Waals surface area (Å²) < 4.78 is 0. The molecule has 0 saturated heterocycles. The van der Waals surface area contributed by atoms with E-state index >= 15 is 0 Å². The summed E-state index contributed by atoms with van der Waals surface area (Å²) in [5.74, 6) is -3.38. The minimum absolute atomic E-state index is 0.225. The summed E-state index contributed by atoms with van der Waals surface area (Å²) >= 11 is 0. The first-order chi connectivity index (χ1) is 14.5. The first-order valence-electron chi connectivity index (χ1n) is 10.3. The first-order valence-corrected chi connectivity index (χ1v) is 10.3. The number of aliphatic carboxylic acids is 1. The molecule has 11 nitrogen and oxygen atoms in total. The molecule has 11 heteroatoms. The molecule has 174 valence electrons. The molecule has 7 N–H and O–H groups in total. The van der Waals surface area contributed by atoms with Gasteiger partial charge in [0.15, 0.2) is 0 Å². The van der Waals surface area contributed by atoms with Crippen molar-refractivity contribution < 1.29 is 24.3 Å². The number of aromatic amines is 1. The van der Waals surface area contributed by atoms with Gasteiger partial charge in [0.25, 0.3) is 0 Å². The molecule has 0 aliphatic carbocycles. The second kappa shape index (κ2) is 12.0. The van der Waals surface area contributed by atoms with Gasteiger partial charge in [0.05, 0.1) is 12.4 Å². The molecule has 5 atom stereocenters. The summed E-state index contributed by atoms with van der Waals surface area (Å²) in [5, 5.41) is 16.9. The van der Waals surface area contributed by atoms with E-state index in [0.717, 1.165) is 0 Å². The van der Waals surface area contributed by atoms with Crippen LogP contribution in [0.15, 0.2) is 12.5 Å². The molecule has 5 unspecified atom stereocenters.